The molecule has 9 nitrogen and oxygen atoms in total. The van der Waals surface area contributed by atoms with Crippen molar-refractivity contribution in [2.45, 2.75) is 44.6 Å². The monoisotopic (exact) mass is 512 g/mol. The predicted molar refractivity (Wildman–Crippen MR) is 137 cm³/mol. The zero-order valence-corrected chi connectivity index (χ0v) is 22.0. The molecule has 0 unspecified atom stereocenters. The number of fused-ring (bicyclic) bond motifs is 1. The molecule has 3 aromatic rings. The average molecular weight is 513 g/mol. The van der Waals surface area contributed by atoms with Crippen LogP contribution >= 0.6 is 0 Å². The summed E-state index contributed by atoms with van der Waals surface area (Å²) >= 11 is 0. The first-order chi connectivity index (χ1) is 17.1. The summed E-state index contributed by atoms with van der Waals surface area (Å²) in [6.45, 7) is 7.55. The maximum absolute atomic E-state index is 13.8. The van der Waals surface area contributed by atoms with Crippen LogP contribution in [0.2, 0.25) is 0 Å². The number of aromatic nitrogens is 2. The number of nitrogens with one attached hydrogen (secondary N) is 1. The van der Waals surface area contributed by atoms with E-state index in [9.17, 15) is 13.2 Å². The van der Waals surface area contributed by atoms with Crippen molar-refractivity contribution in [1.29, 1.82) is 0 Å². The molecule has 0 saturated carbocycles. The molecule has 0 spiro atoms. The third kappa shape index (κ3) is 5.18. The van der Waals surface area contributed by atoms with Crippen molar-refractivity contribution in [1.82, 2.24) is 15.1 Å². The van der Waals surface area contributed by atoms with Gasteiger partial charge in [0.2, 0.25) is 5.91 Å². The van der Waals surface area contributed by atoms with E-state index in [2.05, 4.69) is 24.3 Å². The maximum atomic E-state index is 13.8. The first kappa shape index (κ1) is 25.6. The molecule has 0 aliphatic carbocycles. The first-order valence-electron chi connectivity index (χ1n) is 11.9. The fraction of sp³-hybridized carbons (Fsp3) is 0.385. The largest absolute Gasteiger partial charge is 0.486 e. The van der Waals surface area contributed by atoms with Crippen LogP contribution in [0.15, 0.2) is 53.4 Å². The van der Waals surface area contributed by atoms with Crippen molar-refractivity contribution in [2.75, 3.05) is 24.0 Å². The van der Waals surface area contributed by atoms with E-state index >= 15 is 0 Å². The Morgan fingerprint density at radius 3 is 2.42 bits per heavy atom. The lowest BCUT2D eigenvalue weighted by Crippen LogP contribution is -2.45. The van der Waals surface area contributed by atoms with Crippen LogP contribution in [0.1, 0.15) is 36.7 Å². The molecule has 36 heavy (non-hydrogen) atoms. The van der Waals surface area contributed by atoms with E-state index in [1.165, 1.54) is 4.68 Å². The lowest BCUT2D eigenvalue weighted by molar-refractivity contribution is -0.120. The minimum Gasteiger partial charge on any atom is -0.486 e. The fourth-order valence-electron chi connectivity index (χ4n) is 4.16. The number of para-hydroxylation sites is 2. The van der Waals surface area contributed by atoms with Crippen LogP contribution in [0.25, 0.3) is 0 Å². The highest BCUT2D eigenvalue weighted by atomic mass is 32.2. The Hall–Kier alpha value is -3.53. The Kier molecular flexibility index (Phi) is 7.26. The van der Waals surface area contributed by atoms with Gasteiger partial charge in [-0.15, -0.1) is 0 Å². The number of rotatable bonds is 8. The third-order valence-corrected chi connectivity index (χ3v) is 8.25. The molecule has 0 saturated heterocycles. The summed E-state index contributed by atoms with van der Waals surface area (Å²) in [5.74, 6) is 1.11. The Bertz CT molecular complexity index is 1350. The second-order valence-electron chi connectivity index (χ2n) is 9.18. The van der Waals surface area contributed by atoms with Crippen LogP contribution in [0.5, 0.6) is 11.5 Å². The molecule has 1 atom stereocenters. The van der Waals surface area contributed by atoms with E-state index < -0.39 is 15.9 Å². The summed E-state index contributed by atoms with van der Waals surface area (Å²) in [6.07, 6.45) is -0.387. The number of carbonyl (C=O) groups is 1. The molecule has 0 radical (unpaired) electrons. The highest BCUT2D eigenvalue weighted by Crippen LogP contribution is 2.31. The molecule has 1 amide bonds. The van der Waals surface area contributed by atoms with Crippen LogP contribution in [0.3, 0.4) is 0 Å². The predicted octanol–water partition coefficient (Wildman–Crippen LogP) is 3.31. The Morgan fingerprint density at radius 1 is 1.14 bits per heavy atom. The van der Waals surface area contributed by atoms with Crippen LogP contribution in [-0.2, 0) is 21.9 Å². The van der Waals surface area contributed by atoms with Crippen LogP contribution < -0.4 is 19.1 Å². The topological polar surface area (TPSA) is 103 Å². The number of hydrogen-bond acceptors (Lipinski definition) is 6. The SMILES string of the molecule is Cc1nn(C)c(C)c1S(=O)(=O)N(CC(=O)NC[C@@H]1COc2ccccc2O1)c1ccc(C(C)C)cc1. The van der Waals surface area contributed by atoms with Crippen molar-refractivity contribution in [3.05, 3.63) is 65.5 Å². The minimum absolute atomic E-state index is 0.103. The van der Waals surface area contributed by atoms with E-state index in [-0.39, 0.29) is 36.6 Å². The molecule has 1 aromatic heterocycles. The molecule has 0 fully saturated rings. The summed E-state index contributed by atoms with van der Waals surface area (Å²) in [5.41, 5.74) is 2.36. The van der Waals surface area contributed by atoms with E-state index in [1.807, 2.05) is 30.3 Å². The third-order valence-electron chi connectivity index (χ3n) is 6.22. The van der Waals surface area contributed by atoms with Gasteiger partial charge in [0.25, 0.3) is 10.0 Å². The number of benzene rings is 2. The molecule has 0 bridgehead atoms. The van der Waals surface area contributed by atoms with E-state index in [1.54, 1.807) is 39.1 Å². The molecule has 4 rings (SSSR count). The number of amides is 1. The van der Waals surface area contributed by atoms with Gasteiger partial charge in [0.1, 0.15) is 24.2 Å². The molecular formula is C26H32N4O5S. The fourth-order valence-corrected chi connectivity index (χ4v) is 5.98. The molecule has 1 aliphatic heterocycles. The highest BCUT2D eigenvalue weighted by molar-refractivity contribution is 7.93. The molecule has 1 aliphatic rings. The van der Waals surface area contributed by atoms with Gasteiger partial charge < -0.3 is 14.8 Å². The standard InChI is InChI=1S/C26H32N4O5S/c1-17(2)20-10-12-21(13-11-20)30(36(32,33)26-18(3)28-29(5)19(26)4)15-25(31)27-14-22-16-34-23-8-6-7-9-24(23)35-22/h6-13,17,22H,14-16H2,1-5H3,(H,27,31)/t22-/m1/s1. The molecule has 10 heteroatoms. The average Bonchev–Trinajstić information content (AvgIpc) is 3.12. The molecule has 192 valence electrons. The van der Waals surface area contributed by atoms with Gasteiger partial charge in [-0.2, -0.15) is 5.10 Å². The maximum Gasteiger partial charge on any atom is 0.268 e. The van der Waals surface area contributed by atoms with Crippen molar-refractivity contribution in [3.8, 4) is 11.5 Å². The number of sulfonamides is 1. The van der Waals surface area contributed by atoms with Crippen molar-refractivity contribution in [3.63, 3.8) is 0 Å². The first-order valence-corrected chi connectivity index (χ1v) is 13.3. The van der Waals surface area contributed by atoms with Gasteiger partial charge in [-0.05, 0) is 49.6 Å². The lowest BCUT2D eigenvalue weighted by Gasteiger charge is -2.27. The van der Waals surface area contributed by atoms with Crippen LogP contribution in [-0.4, -0.2) is 49.9 Å². The van der Waals surface area contributed by atoms with E-state index in [0.29, 0.717) is 28.6 Å². The Labute approximate surface area is 212 Å². The summed E-state index contributed by atoms with van der Waals surface area (Å²) < 4.78 is 41.9. The summed E-state index contributed by atoms with van der Waals surface area (Å²) in [6, 6.07) is 14.6. The minimum atomic E-state index is -4.07. The highest BCUT2D eigenvalue weighted by Gasteiger charge is 2.33. The van der Waals surface area contributed by atoms with E-state index in [0.717, 1.165) is 9.87 Å². The van der Waals surface area contributed by atoms with Crippen LogP contribution in [0.4, 0.5) is 5.69 Å². The quantitative estimate of drug-likeness (QED) is 0.497. The second kappa shape index (κ2) is 10.2. The number of nitrogens with zero attached hydrogens (tertiary/aromatic N) is 3. The molecule has 2 aromatic carbocycles. The second-order valence-corrected chi connectivity index (χ2v) is 11.0. The smallest absolute Gasteiger partial charge is 0.268 e. The van der Waals surface area contributed by atoms with Crippen molar-refractivity contribution in [2.24, 2.45) is 7.05 Å². The van der Waals surface area contributed by atoms with Gasteiger partial charge in [0.05, 0.1) is 23.6 Å². The van der Waals surface area contributed by atoms with Gasteiger partial charge in [0, 0.05) is 7.05 Å². The summed E-state index contributed by atoms with van der Waals surface area (Å²) in [7, 11) is -2.38. The lowest BCUT2D eigenvalue weighted by atomic mass is 10.0. The van der Waals surface area contributed by atoms with E-state index in [4.69, 9.17) is 9.47 Å². The number of carbonyl (C=O) groups excluding carboxylic acids is 1. The van der Waals surface area contributed by atoms with Gasteiger partial charge in [-0.1, -0.05) is 38.1 Å². The van der Waals surface area contributed by atoms with Gasteiger partial charge in [0.15, 0.2) is 11.5 Å². The summed E-state index contributed by atoms with van der Waals surface area (Å²) in [5, 5.41) is 7.07. The van der Waals surface area contributed by atoms with Gasteiger partial charge in [-0.25, -0.2) is 8.42 Å². The van der Waals surface area contributed by atoms with Crippen molar-refractivity contribution >= 4 is 21.6 Å². The Balaban J connectivity index is 1.55. The molecule has 2 heterocycles. The number of aryl methyl sites for hydroxylation is 2. The molecular weight excluding hydrogens is 480 g/mol. The van der Waals surface area contributed by atoms with Gasteiger partial charge >= 0.3 is 0 Å². The summed E-state index contributed by atoms with van der Waals surface area (Å²) in [4.78, 5) is 13.1. The zero-order valence-electron chi connectivity index (χ0n) is 21.2. The number of anilines is 1. The molecule has 1 N–H and O–H groups in total. The van der Waals surface area contributed by atoms with Gasteiger partial charge in [-0.3, -0.25) is 13.8 Å². The normalized spacial score (nSPS) is 15.1. The van der Waals surface area contributed by atoms with Crippen molar-refractivity contribution < 1.29 is 22.7 Å². The number of ether oxygens (including phenoxy) is 2. The zero-order chi connectivity index (χ0) is 26.0. The van der Waals surface area contributed by atoms with Crippen LogP contribution in [0, 0.1) is 13.8 Å². The Morgan fingerprint density at radius 2 is 1.81 bits per heavy atom. The number of hydrogen-bond donors (Lipinski definition) is 1.